The summed E-state index contributed by atoms with van der Waals surface area (Å²) in [4.78, 5) is 7.06. The molecule has 19 heavy (non-hydrogen) atoms. The molecule has 0 spiro atoms. The third kappa shape index (κ3) is 3.34. The van der Waals surface area contributed by atoms with Crippen LogP contribution in [-0.4, -0.2) is 40.7 Å². The van der Waals surface area contributed by atoms with Gasteiger partial charge in [0.25, 0.3) is 0 Å². The van der Waals surface area contributed by atoms with Gasteiger partial charge in [0.05, 0.1) is 6.54 Å². The average molecular weight is 264 g/mol. The van der Waals surface area contributed by atoms with Gasteiger partial charge in [-0.05, 0) is 45.2 Å². The summed E-state index contributed by atoms with van der Waals surface area (Å²) in [6.07, 6.45) is 6.15. The zero-order valence-corrected chi connectivity index (χ0v) is 11.8. The third-order valence-corrected chi connectivity index (χ3v) is 4.05. The molecule has 2 fully saturated rings. The second kappa shape index (κ2) is 6.01. The number of piperidine rings is 1. The third-order valence-electron chi connectivity index (χ3n) is 4.05. The van der Waals surface area contributed by atoms with E-state index in [-0.39, 0.29) is 0 Å². The van der Waals surface area contributed by atoms with E-state index in [1.54, 1.807) is 0 Å². The van der Waals surface area contributed by atoms with Crippen LogP contribution in [0.3, 0.4) is 0 Å². The number of hydrogen-bond acceptors (Lipinski definition) is 5. The molecule has 5 nitrogen and oxygen atoms in total. The van der Waals surface area contributed by atoms with Crippen LogP contribution in [0.1, 0.15) is 56.7 Å². The van der Waals surface area contributed by atoms with Crippen LogP contribution in [0.25, 0.3) is 0 Å². The van der Waals surface area contributed by atoms with Crippen LogP contribution in [0.15, 0.2) is 4.52 Å². The van der Waals surface area contributed by atoms with Crippen molar-refractivity contribution in [2.75, 3.05) is 19.6 Å². The van der Waals surface area contributed by atoms with E-state index in [2.05, 4.69) is 27.3 Å². The van der Waals surface area contributed by atoms with Gasteiger partial charge in [0.2, 0.25) is 5.89 Å². The first-order valence-electron chi connectivity index (χ1n) is 7.64. The average Bonchev–Trinajstić information content (AvgIpc) is 3.20. The first-order chi connectivity index (χ1) is 9.36. The second-order valence-electron chi connectivity index (χ2n) is 5.79. The molecule has 0 bridgehead atoms. The molecule has 3 rings (SSSR count). The van der Waals surface area contributed by atoms with Crippen molar-refractivity contribution in [2.24, 2.45) is 0 Å². The van der Waals surface area contributed by atoms with Gasteiger partial charge in [0.1, 0.15) is 0 Å². The summed E-state index contributed by atoms with van der Waals surface area (Å²) in [5.74, 6) is 2.27. The predicted octanol–water partition coefficient (Wildman–Crippen LogP) is 1.91. The minimum Gasteiger partial charge on any atom is -0.339 e. The lowest BCUT2D eigenvalue weighted by Crippen LogP contribution is -2.46. The molecule has 2 heterocycles. The molecule has 0 amide bonds. The van der Waals surface area contributed by atoms with E-state index in [0.717, 1.165) is 37.9 Å². The fourth-order valence-corrected chi connectivity index (χ4v) is 2.83. The van der Waals surface area contributed by atoms with Crippen LogP contribution in [0.2, 0.25) is 0 Å². The van der Waals surface area contributed by atoms with Crippen molar-refractivity contribution in [2.45, 2.75) is 57.5 Å². The molecule has 1 N–H and O–H groups in total. The number of nitrogens with one attached hydrogen (secondary N) is 1. The highest BCUT2D eigenvalue weighted by atomic mass is 16.5. The fourth-order valence-electron chi connectivity index (χ4n) is 2.83. The maximum Gasteiger partial charge on any atom is 0.229 e. The molecule has 5 heteroatoms. The molecule has 1 aliphatic heterocycles. The van der Waals surface area contributed by atoms with Crippen LogP contribution in [-0.2, 0) is 6.54 Å². The van der Waals surface area contributed by atoms with Gasteiger partial charge in [-0.3, -0.25) is 4.90 Å². The maximum absolute atomic E-state index is 5.35. The summed E-state index contributed by atoms with van der Waals surface area (Å²) < 4.78 is 5.35. The van der Waals surface area contributed by atoms with Crippen LogP contribution in [0.4, 0.5) is 0 Å². The Morgan fingerprint density at radius 2 is 2.26 bits per heavy atom. The second-order valence-corrected chi connectivity index (χ2v) is 5.79. The van der Waals surface area contributed by atoms with E-state index in [0.29, 0.717) is 12.0 Å². The largest absolute Gasteiger partial charge is 0.339 e. The van der Waals surface area contributed by atoms with E-state index < -0.39 is 0 Å². The Bertz CT molecular complexity index is 396. The molecular formula is C14H24N4O. The number of nitrogens with zero attached hydrogens (tertiary/aromatic N) is 3. The molecule has 1 aromatic rings. The van der Waals surface area contributed by atoms with Crippen LogP contribution in [0, 0.1) is 0 Å². The van der Waals surface area contributed by atoms with Gasteiger partial charge in [-0.1, -0.05) is 12.1 Å². The molecule has 1 saturated heterocycles. The molecule has 1 saturated carbocycles. The highest BCUT2D eigenvalue weighted by molar-refractivity contribution is 5.01. The van der Waals surface area contributed by atoms with Crippen molar-refractivity contribution in [3.63, 3.8) is 0 Å². The Balaban J connectivity index is 1.61. The van der Waals surface area contributed by atoms with Crippen LogP contribution in [0.5, 0.6) is 0 Å². The van der Waals surface area contributed by atoms with E-state index in [4.69, 9.17) is 4.52 Å². The lowest BCUT2D eigenvalue weighted by molar-refractivity contribution is 0.153. The van der Waals surface area contributed by atoms with E-state index in [9.17, 15) is 0 Å². The number of hydrogen-bond donors (Lipinski definition) is 1. The van der Waals surface area contributed by atoms with Crippen molar-refractivity contribution >= 4 is 0 Å². The van der Waals surface area contributed by atoms with E-state index >= 15 is 0 Å². The monoisotopic (exact) mass is 264 g/mol. The molecule has 1 atom stereocenters. The molecular weight excluding hydrogens is 240 g/mol. The summed E-state index contributed by atoms with van der Waals surface area (Å²) in [6, 6.07) is 0.622. The minimum atomic E-state index is 0.553. The van der Waals surface area contributed by atoms with E-state index in [1.807, 2.05) is 0 Å². The standard InChI is InChI=1S/C14H24N4O/c1-2-8-18(12-4-3-7-15-9-12)10-13-16-14(19-17-13)11-5-6-11/h11-12,15H,2-10H2,1H3. The molecule has 1 unspecified atom stereocenters. The number of rotatable bonds is 6. The van der Waals surface area contributed by atoms with Gasteiger partial charge in [-0.25, -0.2) is 0 Å². The zero-order chi connectivity index (χ0) is 13.1. The molecule has 0 radical (unpaired) electrons. The molecule has 1 aliphatic carbocycles. The Labute approximate surface area is 114 Å². The quantitative estimate of drug-likeness (QED) is 0.850. The van der Waals surface area contributed by atoms with Crippen molar-refractivity contribution in [3.05, 3.63) is 11.7 Å². The fraction of sp³-hybridized carbons (Fsp3) is 0.857. The molecule has 2 aliphatic rings. The Morgan fingerprint density at radius 1 is 1.37 bits per heavy atom. The summed E-state index contributed by atoms with van der Waals surface area (Å²) in [5, 5.41) is 7.63. The Hall–Kier alpha value is -0.940. The minimum absolute atomic E-state index is 0.553. The number of aromatic nitrogens is 2. The van der Waals surface area contributed by atoms with Crippen molar-refractivity contribution < 1.29 is 4.52 Å². The lowest BCUT2D eigenvalue weighted by Gasteiger charge is -2.33. The maximum atomic E-state index is 5.35. The molecule has 1 aromatic heterocycles. The molecule has 0 aromatic carbocycles. The summed E-state index contributed by atoms with van der Waals surface area (Å²) in [7, 11) is 0. The lowest BCUT2D eigenvalue weighted by atomic mass is 10.1. The van der Waals surface area contributed by atoms with Gasteiger partial charge < -0.3 is 9.84 Å². The van der Waals surface area contributed by atoms with Gasteiger partial charge in [-0.2, -0.15) is 4.98 Å². The zero-order valence-electron chi connectivity index (χ0n) is 11.8. The van der Waals surface area contributed by atoms with Crippen molar-refractivity contribution in [1.82, 2.24) is 20.4 Å². The highest BCUT2D eigenvalue weighted by Gasteiger charge is 2.30. The Kier molecular flexibility index (Phi) is 4.13. The van der Waals surface area contributed by atoms with Gasteiger partial charge in [-0.15, -0.1) is 0 Å². The van der Waals surface area contributed by atoms with Gasteiger partial charge in [0, 0.05) is 18.5 Å². The van der Waals surface area contributed by atoms with E-state index in [1.165, 1.54) is 32.1 Å². The smallest absolute Gasteiger partial charge is 0.229 e. The van der Waals surface area contributed by atoms with Gasteiger partial charge >= 0.3 is 0 Å². The Morgan fingerprint density at radius 3 is 2.95 bits per heavy atom. The normalized spacial score (nSPS) is 24.0. The highest BCUT2D eigenvalue weighted by Crippen LogP contribution is 2.38. The summed E-state index contributed by atoms with van der Waals surface area (Å²) in [5.41, 5.74) is 0. The first kappa shape index (κ1) is 13.1. The summed E-state index contributed by atoms with van der Waals surface area (Å²) in [6.45, 7) is 6.42. The molecule has 106 valence electrons. The van der Waals surface area contributed by atoms with Crippen LogP contribution >= 0.6 is 0 Å². The van der Waals surface area contributed by atoms with Crippen molar-refractivity contribution in [3.8, 4) is 0 Å². The van der Waals surface area contributed by atoms with Crippen LogP contribution < -0.4 is 5.32 Å². The SMILES string of the molecule is CCCN(Cc1noc(C2CC2)n1)C1CCCNC1. The first-order valence-corrected chi connectivity index (χ1v) is 7.64. The van der Waals surface area contributed by atoms with Crippen molar-refractivity contribution in [1.29, 1.82) is 0 Å². The summed E-state index contributed by atoms with van der Waals surface area (Å²) >= 11 is 0. The van der Waals surface area contributed by atoms with Gasteiger partial charge in [0.15, 0.2) is 5.82 Å². The topological polar surface area (TPSA) is 54.2 Å². The predicted molar refractivity (Wildman–Crippen MR) is 72.9 cm³/mol.